The van der Waals surface area contributed by atoms with Gasteiger partial charge in [-0.1, -0.05) is 13.8 Å². The number of hydrogen-bond donors (Lipinski definition) is 3. The third-order valence-electron chi connectivity index (χ3n) is 3.00. The van der Waals surface area contributed by atoms with Gasteiger partial charge in [-0.3, -0.25) is 4.79 Å². The summed E-state index contributed by atoms with van der Waals surface area (Å²) in [6, 6.07) is 0. The highest BCUT2D eigenvalue weighted by Gasteiger charge is 2.28. The van der Waals surface area contributed by atoms with E-state index in [-0.39, 0.29) is 6.42 Å². The van der Waals surface area contributed by atoms with E-state index in [1.165, 1.54) is 0 Å². The lowest BCUT2D eigenvalue weighted by Crippen LogP contribution is -2.39. The highest BCUT2D eigenvalue weighted by Crippen LogP contribution is 2.20. The summed E-state index contributed by atoms with van der Waals surface area (Å²) in [6.45, 7) is 2.60. The Bertz CT molecular complexity index is 248. The van der Waals surface area contributed by atoms with Crippen molar-refractivity contribution in [3.8, 4) is 0 Å². The summed E-state index contributed by atoms with van der Waals surface area (Å²) in [5.74, 6) is -2.91. The van der Waals surface area contributed by atoms with Gasteiger partial charge in [-0.15, -0.1) is 0 Å². The maximum atomic E-state index is 12.7. The van der Waals surface area contributed by atoms with Gasteiger partial charge < -0.3 is 16.2 Å². The second kappa shape index (κ2) is 8.37. The van der Waals surface area contributed by atoms with E-state index >= 15 is 0 Å². The Morgan fingerprint density at radius 1 is 1.39 bits per heavy atom. The summed E-state index contributed by atoms with van der Waals surface area (Å²) < 4.78 is 25.4. The number of halogens is 2. The molecule has 0 radical (unpaired) electrons. The fourth-order valence-electron chi connectivity index (χ4n) is 1.71. The predicted molar refractivity (Wildman–Crippen MR) is 66.3 cm³/mol. The Morgan fingerprint density at radius 2 is 2.00 bits per heavy atom. The molecule has 1 atom stereocenters. The molecule has 0 aromatic heterocycles. The van der Waals surface area contributed by atoms with Crippen LogP contribution in [0, 0.1) is 11.8 Å². The van der Waals surface area contributed by atoms with Crippen LogP contribution in [0.4, 0.5) is 8.78 Å². The van der Waals surface area contributed by atoms with E-state index in [1.54, 1.807) is 0 Å². The highest BCUT2D eigenvalue weighted by atomic mass is 19.3. The third kappa shape index (κ3) is 7.55. The van der Waals surface area contributed by atoms with Crippen molar-refractivity contribution in [2.24, 2.45) is 17.6 Å². The molecule has 18 heavy (non-hydrogen) atoms. The van der Waals surface area contributed by atoms with Gasteiger partial charge in [0.25, 0.3) is 5.92 Å². The molecular weight excluding hydrogens is 242 g/mol. The number of carbonyl (C=O) groups is 1. The number of hydrogen-bond acceptors (Lipinski definition) is 3. The molecule has 1 unspecified atom stereocenters. The standard InChI is InChI=1S/C12H24F2N2O2/c1-9(2)10(5-6-15)3-4-11(18)16-7-12(13,14)8-17/h9-10,17H,3-8,15H2,1-2H3,(H,16,18). The molecule has 0 aromatic rings. The van der Waals surface area contributed by atoms with Crippen LogP contribution >= 0.6 is 0 Å². The molecule has 0 fully saturated rings. The Balaban J connectivity index is 3.94. The van der Waals surface area contributed by atoms with Crippen LogP contribution in [0.2, 0.25) is 0 Å². The van der Waals surface area contributed by atoms with Crippen LogP contribution in [-0.2, 0) is 4.79 Å². The normalized spacial score (nSPS) is 13.7. The van der Waals surface area contributed by atoms with Crippen LogP contribution < -0.4 is 11.1 Å². The summed E-state index contributed by atoms with van der Waals surface area (Å²) in [5, 5.41) is 10.5. The maximum absolute atomic E-state index is 12.7. The van der Waals surface area contributed by atoms with Crippen molar-refractivity contribution >= 4 is 5.91 Å². The van der Waals surface area contributed by atoms with Gasteiger partial charge in [-0.2, -0.15) is 0 Å². The number of nitrogens with one attached hydrogen (secondary N) is 1. The maximum Gasteiger partial charge on any atom is 0.287 e. The van der Waals surface area contributed by atoms with Crippen molar-refractivity contribution in [2.45, 2.75) is 39.0 Å². The van der Waals surface area contributed by atoms with Crippen molar-refractivity contribution in [3.05, 3.63) is 0 Å². The molecule has 0 spiro atoms. The molecule has 0 rings (SSSR count). The van der Waals surface area contributed by atoms with Crippen LogP contribution in [0.1, 0.15) is 33.1 Å². The van der Waals surface area contributed by atoms with Crippen molar-refractivity contribution in [1.29, 1.82) is 0 Å². The summed E-state index contributed by atoms with van der Waals surface area (Å²) in [4.78, 5) is 11.4. The van der Waals surface area contributed by atoms with E-state index < -0.39 is 25.0 Å². The fourth-order valence-corrected chi connectivity index (χ4v) is 1.71. The van der Waals surface area contributed by atoms with Crippen molar-refractivity contribution in [2.75, 3.05) is 19.7 Å². The number of nitrogens with two attached hydrogens (primary N) is 1. The van der Waals surface area contributed by atoms with Crippen LogP contribution in [0.3, 0.4) is 0 Å². The van der Waals surface area contributed by atoms with Crippen molar-refractivity contribution in [1.82, 2.24) is 5.32 Å². The lowest BCUT2D eigenvalue weighted by molar-refractivity contribution is -0.124. The Kier molecular flexibility index (Phi) is 8.02. The Labute approximate surface area is 107 Å². The average molecular weight is 266 g/mol. The van der Waals surface area contributed by atoms with E-state index in [2.05, 4.69) is 19.2 Å². The number of aliphatic hydroxyl groups is 1. The molecule has 0 saturated carbocycles. The third-order valence-corrected chi connectivity index (χ3v) is 3.00. The largest absolute Gasteiger partial charge is 0.390 e. The first-order valence-corrected chi connectivity index (χ1v) is 6.28. The molecule has 0 saturated heterocycles. The van der Waals surface area contributed by atoms with E-state index in [1.807, 2.05) is 0 Å². The van der Waals surface area contributed by atoms with Gasteiger partial charge in [0.05, 0.1) is 6.54 Å². The number of rotatable bonds is 9. The molecule has 0 bridgehead atoms. The van der Waals surface area contributed by atoms with Crippen LogP contribution in [0.5, 0.6) is 0 Å². The van der Waals surface area contributed by atoms with Gasteiger partial charge in [0.15, 0.2) is 0 Å². The minimum atomic E-state index is -3.25. The second-order valence-corrected chi connectivity index (χ2v) is 4.91. The van der Waals surface area contributed by atoms with E-state index in [0.717, 1.165) is 6.42 Å². The van der Waals surface area contributed by atoms with E-state index in [4.69, 9.17) is 10.8 Å². The Morgan fingerprint density at radius 3 is 2.44 bits per heavy atom. The fraction of sp³-hybridized carbons (Fsp3) is 0.917. The zero-order chi connectivity index (χ0) is 14.2. The molecule has 1 amide bonds. The van der Waals surface area contributed by atoms with Crippen LogP contribution in [0.15, 0.2) is 0 Å². The van der Waals surface area contributed by atoms with Gasteiger partial charge in [0, 0.05) is 6.42 Å². The smallest absolute Gasteiger partial charge is 0.287 e. The van der Waals surface area contributed by atoms with Gasteiger partial charge in [-0.25, -0.2) is 8.78 Å². The van der Waals surface area contributed by atoms with Crippen LogP contribution in [0.25, 0.3) is 0 Å². The van der Waals surface area contributed by atoms with Gasteiger partial charge in [-0.05, 0) is 31.2 Å². The van der Waals surface area contributed by atoms with Crippen molar-refractivity contribution in [3.63, 3.8) is 0 Å². The minimum Gasteiger partial charge on any atom is -0.390 e. The predicted octanol–water partition coefficient (Wildman–Crippen LogP) is 1.13. The number of carbonyl (C=O) groups excluding carboxylic acids is 1. The molecule has 0 aliphatic heterocycles. The summed E-state index contributed by atoms with van der Waals surface area (Å²) in [7, 11) is 0. The highest BCUT2D eigenvalue weighted by molar-refractivity contribution is 5.75. The molecule has 4 N–H and O–H groups in total. The molecule has 0 aliphatic rings. The number of amides is 1. The van der Waals surface area contributed by atoms with E-state index in [9.17, 15) is 13.6 Å². The first-order chi connectivity index (χ1) is 8.32. The van der Waals surface area contributed by atoms with Gasteiger partial charge in [0.1, 0.15) is 6.61 Å². The summed E-state index contributed by atoms with van der Waals surface area (Å²) in [5.41, 5.74) is 5.48. The quantitative estimate of drug-likeness (QED) is 0.585. The number of aliphatic hydroxyl groups excluding tert-OH is 1. The summed E-state index contributed by atoms with van der Waals surface area (Å²) in [6.07, 6.45) is 1.69. The van der Waals surface area contributed by atoms with Gasteiger partial charge in [0.2, 0.25) is 5.91 Å². The first-order valence-electron chi connectivity index (χ1n) is 6.28. The monoisotopic (exact) mass is 266 g/mol. The molecule has 4 nitrogen and oxygen atoms in total. The van der Waals surface area contributed by atoms with E-state index in [0.29, 0.717) is 24.8 Å². The molecule has 0 aromatic carbocycles. The lowest BCUT2D eigenvalue weighted by Gasteiger charge is -2.20. The SMILES string of the molecule is CC(C)C(CCN)CCC(=O)NCC(F)(F)CO. The minimum absolute atomic E-state index is 0.213. The molecule has 0 heterocycles. The first kappa shape index (κ1) is 17.2. The zero-order valence-corrected chi connectivity index (χ0v) is 11.1. The molecule has 0 aliphatic carbocycles. The van der Waals surface area contributed by atoms with Crippen molar-refractivity contribution < 1.29 is 18.7 Å². The summed E-state index contributed by atoms with van der Waals surface area (Å²) >= 11 is 0. The van der Waals surface area contributed by atoms with Crippen LogP contribution in [-0.4, -0.2) is 36.6 Å². The Hall–Kier alpha value is -0.750. The molecule has 6 heteroatoms. The van der Waals surface area contributed by atoms with Gasteiger partial charge >= 0.3 is 0 Å². The average Bonchev–Trinajstić information content (AvgIpc) is 2.31. The topological polar surface area (TPSA) is 75.4 Å². The molecular formula is C12H24F2N2O2. The zero-order valence-electron chi connectivity index (χ0n) is 11.1. The molecule has 108 valence electrons. The lowest BCUT2D eigenvalue weighted by atomic mass is 9.88. The number of alkyl halides is 2. The second-order valence-electron chi connectivity index (χ2n) is 4.91.